The van der Waals surface area contributed by atoms with Crippen LogP contribution in [0, 0.1) is 0 Å². The molecule has 5 nitrogen and oxygen atoms in total. The molecule has 1 aliphatic rings. The molecule has 120 valence electrons. The lowest BCUT2D eigenvalue weighted by Gasteiger charge is -2.21. The molecule has 0 bridgehead atoms. The van der Waals surface area contributed by atoms with E-state index in [1.807, 2.05) is 18.2 Å². The molecule has 1 saturated heterocycles. The lowest BCUT2D eigenvalue weighted by Crippen LogP contribution is -2.34. The van der Waals surface area contributed by atoms with E-state index in [0.717, 1.165) is 40.9 Å². The number of aromatic nitrogens is 1. The lowest BCUT2D eigenvalue weighted by molar-refractivity contribution is 0.0768. The SMILES string of the molecule is COc1ccc(-c2csc(C3COCCN3)n2)c(OC)c1.Cl. The second kappa shape index (κ2) is 7.78. The minimum atomic E-state index is 0. The van der Waals surface area contributed by atoms with Crippen molar-refractivity contribution in [3.05, 3.63) is 28.6 Å². The Hall–Kier alpha value is -1.34. The van der Waals surface area contributed by atoms with Gasteiger partial charge in [-0.3, -0.25) is 0 Å². The molecule has 2 aromatic rings. The molecule has 1 aromatic heterocycles. The van der Waals surface area contributed by atoms with E-state index in [0.29, 0.717) is 6.61 Å². The van der Waals surface area contributed by atoms with E-state index in [9.17, 15) is 0 Å². The van der Waals surface area contributed by atoms with Crippen LogP contribution in [0.4, 0.5) is 0 Å². The molecule has 0 aliphatic carbocycles. The molecule has 0 saturated carbocycles. The molecule has 7 heteroatoms. The van der Waals surface area contributed by atoms with E-state index in [1.165, 1.54) is 0 Å². The van der Waals surface area contributed by atoms with Gasteiger partial charge in [-0.2, -0.15) is 0 Å². The van der Waals surface area contributed by atoms with Crippen molar-refractivity contribution in [2.24, 2.45) is 0 Å². The van der Waals surface area contributed by atoms with Gasteiger partial charge in [0.15, 0.2) is 0 Å². The second-order valence-electron chi connectivity index (χ2n) is 4.72. The zero-order valence-corrected chi connectivity index (χ0v) is 14.1. The Morgan fingerprint density at radius 2 is 2.18 bits per heavy atom. The van der Waals surface area contributed by atoms with Crippen LogP contribution in [-0.2, 0) is 4.74 Å². The third kappa shape index (κ3) is 3.52. The monoisotopic (exact) mass is 342 g/mol. The average molecular weight is 343 g/mol. The number of nitrogens with one attached hydrogen (secondary N) is 1. The number of hydrogen-bond acceptors (Lipinski definition) is 6. The normalized spacial score (nSPS) is 17.6. The van der Waals surface area contributed by atoms with Gasteiger partial charge in [0.05, 0.1) is 39.2 Å². The molecule has 1 atom stereocenters. The highest BCUT2D eigenvalue weighted by Gasteiger charge is 2.20. The van der Waals surface area contributed by atoms with Gasteiger partial charge in [0.1, 0.15) is 16.5 Å². The van der Waals surface area contributed by atoms with Crippen molar-refractivity contribution >= 4 is 23.7 Å². The molecule has 22 heavy (non-hydrogen) atoms. The third-order valence-electron chi connectivity index (χ3n) is 3.43. The van der Waals surface area contributed by atoms with Crippen molar-refractivity contribution in [1.29, 1.82) is 0 Å². The predicted molar refractivity (Wildman–Crippen MR) is 89.5 cm³/mol. The maximum absolute atomic E-state index is 5.49. The van der Waals surface area contributed by atoms with Crippen molar-refractivity contribution < 1.29 is 14.2 Å². The highest BCUT2D eigenvalue weighted by molar-refractivity contribution is 7.10. The van der Waals surface area contributed by atoms with Crippen molar-refractivity contribution in [2.75, 3.05) is 34.0 Å². The first-order valence-corrected chi connectivity index (χ1v) is 7.68. The molecule has 1 N–H and O–H groups in total. The van der Waals surface area contributed by atoms with Crippen molar-refractivity contribution in [2.45, 2.75) is 6.04 Å². The van der Waals surface area contributed by atoms with Gasteiger partial charge < -0.3 is 19.5 Å². The first-order chi connectivity index (χ1) is 10.3. The third-order valence-corrected chi connectivity index (χ3v) is 4.38. The fraction of sp³-hybridized carbons (Fsp3) is 0.400. The van der Waals surface area contributed by atoms with Crippen LogP contribution in [0.2, 0.25) is 0 Å². The number of morpholine rings is 1. The highest BCUT2D eigenvalue weighted by atomic mass is 35.5. The van der Waals surface area contributed by atoms with Crippen LogP contribution in [0.5, 0.6) is 11.5 Å². The molecule has 0 radical (unpaired) electrons. The molecule has 3 rings (SSSR count). The van der Waals surface area contributed by atoms with Crippen LogP contribution in [0.15, 0.2) is 23.6 Å². The van der Waals surface area contributed by atoms with Crippen LogP contribution >= 0.6 is 23.7 Å². The summed E-state index contributed by atoms with van der Waals surface area (Å²) in [6.45, 7) is 2.30. The maximum atomic E-state index is 5.49. The van der Waals surface area contributed by atoms with E-state index in [1.54, 1.807) is 25.6 Å². The Morgan fingerprint density at radius 3 is 2.86 bits per heavy atom. The van der Waals surface area contributed by atoms with Gasteiger partial charge in [-0.15, -0.1) is 23.7 Å². The Labute approximate surface area is 140 Å². The number of thiazole rings is 1. The maximum Gasteiger partial charge on any atom is 0.131 e. The average Bonchev–Trinajstić information content (AvgIpc) is 3.04. The molecule has 1 aliphatic heterocycles. The summed E-state index contributed by atoms with van der Waals surface area (Å²) in [6.07, 6.45) is 0. The Balaban J connectivity index is 0.00000176. The number of ether oxygens (including phenoxy) is 3. The fourth-order valence-corrected chi connectivity index (χ4v) is 3.18. The summed E-state index contributed by atoms with van der Waals surface area (Å²) >= 11 is 1.64. The first kappa shape index (κ1) is 17.0. The molecule has 1 fully saturated rings. The quantitative estimate of drug-likeness (QED) is 0.925. The lowest BCUT2D eigenvalue weighted by atomic mass is 10.1. The smallest absolute Gasteiger partial charge is 0.131 e. The number of halogens is 1. The summed E-state index contributed by atoms with van der Waals surface area (Å²) in [6, 6.07) is 5.94. The van der Waals surface area contributed by atoms with E-state index in [-0.39, 0.29) is 18.4 Å². The summed E-state index contributed by atoms with van der Waals surface area (Å²) in [5.41, 5.74) is 1.89. The van der Waals surface area contributed by atoms with Gasteiger partial charge in [0, 0.05) is 23.6 Å². The van der Waals surface area contributed by atoms with Crippen LogP contribution in [0.3, 0.4) is 0 Å². The second-order valence-corrected chi connectivity index (χ2v) is 5.61. The number of methoxy groups -OCH3 is 2. The zero-order valence-electron chi connectivity index (χ0n) is 12.5. The van der Waals surface area contributed by atoms with Crippen molar-refractivity contribution in [3.8, 4) is 22.8 Å². The van der Waals surface area contributed by atoms with E-state index < -0.39 is 0 Å². The Bertz CT molecular complexity index is 615. The summed E-state index contributed by atoms with van der Waals surface area (Å²) in [4.78, 5) is 4.72. The summed E-state index contributed by atoms with van der Waals surface area (Å²) in [5, 5.41) is 6.51. The van der Waals surface area contributed by atoms with Gasteiger partial charge in [0.2, 0.25) is 0 Å². The topological polar surface area (TPSA) is 52.6 Å². The summed E-state index contributed by atoms with van der Waals surface area (Å²) in [7, 11) is 3.30. The predicted octanol–water partition coefficient (Wildman–Crippen LogP) is 2.91. The van der Waals surface area contributed by atoms with E-state index >= 15 is 0 Å². The molecule has 0 amide bonds. The minimum Gasteiger partial charge on any atom is -0.497 e. The summed E-state index contributed by atoms with van der Waals surface area (Å²) in [5.74, 6) is 1.53. The summed E-state index contributed by atoms with van der Waals surface area (Å²) < 4.78 is 16.2. The number of benzene rings is 1. The van der Waals surface area contributed by atoms with E-state index in [2.05, 4.69) is 10.7 Å². The van der Waals surface area contributed by atoms with Gasteiger partial charge >= 0.3 is 0 Å². The van der Waals surface area contributed by atoms with E-state index in [4.69, 9.17) is 19.2 Å². The molecular weight excluding hydrogens is 324 g/mol. The number of nitrogens with zero attached hydrogens (tertiary/aromatic N) is 1. The van der Waals surface area contributed by atoms with Gasteiger partial charge in [0.25, 0.3) is 0 Å². The fourth-order valence-electron chi connectivity index (χ4n) is 2.31. The van der Waals surface area contributed by atoms with Gasteiger partial charge in [-0.1, -0.05) is 0 Å². The zero-order chi connectivity index (χ0) is 14.7. The largest absolute Gasteiger partial charge is 0.497 e. The highest BCUT2D eigenvalue weighted by Crippen LogP contribution is 2.35. The first-order valence-electron chi connectivity index (χ1n) is 6.80. The van der Waals surface area contributed by atoms with Crippen LogP contribution in [0.25, 0.3) is 11.3 Å². The molecule has 2 heterocycles. The standard InChI is InChI=1S/C15H18N2O3S.ClH/c1-18-10-3-4-11(14(7-10)19-2)13-9-21-15(17-13)12-8-20-6-5-16-12;/h3-4,7,9,12,16H,5-6,8H2,1-2H3;1H. The van der Waals surface area contributed by atoms with Crippen molar-refractivity contribution in [3.63, 3.8) is 0 Å². The number of hydrogen-bond donors (Lipinski definition) is 1. The van der Waals surface area contributed by atoms with Crippen LogP contribution in [0.1, 0.15) is 11.0 Å². The van der Waals surface area contributed by atoms with Gasteiger partial charge in [-0.25, -0.2) is 4.98 Å². The molecular formula is C15H19ClN2O3S. The van der Waals surface area contributed by atoms with Crippen LogP contribution < -0.4 is 14.8 Å². The van der Waals surface area contributed by atoms with Crippen molar-refractivity contribution in [1.82, 2.24) is 10.3 Å². The molecule has 0 spiro atoms. The number of rotatable bonds is 4. The minimum absolute atomic E-state index is 0. The Morgan fingerprint density at radius 1 is 1.32 bits per heavy atom. The van der Waals surface area contributed by atoms with Crippen LogP contribution in [-0.4, -0.2) is 39.0 Å². The molecule has 1 unspecified atom stereocenters. The Kier molecular flexibility index (Phi) is 6.02. The molecule has 1 aromatic carbocycles. The van der Waals surface area contributed by atoms with Gasteiger partial charge in [-0.05, 0) is 12.1 Å².